The van der Waals surface area contributed by atoms with Gasteiger partial charge >= 0.3 is 0 Å². The minimum Gasteiger partial charge on any atom is -0.507 e. The molecule has 1 N–H and O–H groups in total. The number of aryl methyl sites for hydroxylation is 1. The first-order valence-corrected chi connectivity index (χ1v) is 8.53. The number of hydrogen-bond donors (Lipinski definition) is 1. The summed E-state index contributed by atoms with van der Waals surface area (Å²) in [6, 6.07) is 10.0. The van der Waals surface area contributed by atoms with Crippen LogP contribution in [0.4, 0.5) is 5.69 Å². The molecule has 5 nitrogen and oxygen atoms in total. The number of aliphatic imine (C=N–C) groups is 1. The van der Waals surface area contributed by atoms with Crippen LogP contribution >= 0.6 is 0 Å². The Bertz CT molecular complexity index is 856. The van der Waals surface area contributed by atoms with Crippen LogP contribution in [0.3, 0.4) is 0 Å². The fourth-order valence-electron chi connectivity index (χ4n) is 2.04. The molecule has 0 heterocycles. The fraction of sp³-hybridized carbons (Fsp3) is 0.235. The Morgan fingerprint density at radius 1 is 1.13 bits per heavy atom. The highest BCUT2D eigenvalue weighted by Gasteiger charge is 2.19. The Hall–Kier alpha value is -2.18. The lowest BCUT2D eigenvalue weighted by Crippen LogP contribution is -2.22. The number of aromatic hydroxyl groups is 1. The number of rotatable bonds is 4. The van der Waals surface area contributed by atoms with E-state index in [0.29, 0.717) is 11.3 Å². The minimum absolute atomic E-state index is 0.127. The van der Waals surface area contributed by atoms with Crippen LogP contribution in [-0.4, -0.2) is 38.1 Å². The topological polar surface area (TPSA) is 70.0 Å². The van der Waals surface area contributed by atoms with Crippen LogP contribution in [0.15, 0.2) is 46.3 Å². The monoisotopic (exact) mass is 332 g/mol. The molecule has 0 bridgehead atoms. The normalized spacial score (nSPS) is 12.2. The molecule has 23 heavy (non-hydrogen) atoms. The molecule has 0 radical (unpaired) electrons. The maximum Gasteiger partial charge on any atom is 0.242 e. The lowest BCUT2D eigenvalue weighted by molar-refractivity contribution is 0.474. The lowest BCUT2D eigenvalue weighted by Gasteiger charge is -2.14. The van der Waals surface area contributed by atoms with Crippen molar-refractivity contribution in [2.75, 3.05) is 14.1 Å². The van der Waals surface area contributed by atoms with Crippen molar-refractivity contribution in [3.05, 3.63) is 53.1 Å². The Balaban J connectivity index is 2.51. The molecule has 0 aliphatic heterocycles. The van der Waals surface area contributed by atoms with Crippen LogP contribution in [0, 0.1) is 13.8 Å². The molecule has 0 unspecified atom stereocenters. The van der Waals surface area contributed by atoms with Crippen molar-refractivity contribution >= 4 is 21.9 Å². The maximum absolute atomic E-state index is 12.3. The Kier molecular flexibility index (Phi) is 4.87. The number of benzene rings is 2. The summed E-state index contributed by atoms with van der Waals surface area (Å²) in [5.41, 5.74) is 2.88. The molecule has 0 fully saturated rings. The van der Waals surface area contributed by atoms with Crippen LogP contribution in [0.5, 0.6) is 5.75 Å². The van der Waals surface area contributed by atoms with Crippen molar-refractivity contribution in [1.82, 2.24) is 4.31 Å². The third kappa shape index (κ3) is 3.60. The zero-order valence-electron chi connectivity index (χ0n) is 13.6. The Morgan fingerprint density at radius 2 is 1.78 bits per heavy atom. The van der Waals surface area contributed by atoms with Crippen molar-refractivity contribution in [2.45, 2.75) is 18.7 Å². The van der Waals surface area contributed by atoms with Gasteiger partial charge in [0, 0.05) is 25.9 Å². The Labute approximate surface area is 137 Å². The lowest BCUT2D eigenvalue weighted by atomic mass is 10.1. The second-order valence-electron chi connectivity index (χ2n) is 5.49. The van der Waals surface area contributed by atoms with Gasteiger partial charge in [-0.2, -0.15) is 0 Å². The summed E-state index contributed by atoms with van der Waals surface area (Å²) in [6.07, 6.45) is 1.53. The van der Waals surface area contributed by atoms with Gasteiger partial charge in [0.25, 0.3) is 0 Å². The fourth-order valence-corrected chi connectivity index (χ4v) is 3.05. The van der Waals surface area contributed by atoms with E-state index in [1.165, 1.54) is 24.6 Å². The van der Waals surface area contributed by atoms with E-state index in [-0.39, 0.29) is 10.6 Å². The van der Waals surface area contributed by atoms with Gasteiger partial charge in [-0.25, -0.2) is 12.7 Å². The second-order valence-corrected chi connectivity index (χ2v) is 7.64. The highest BCUT2D eigenvalue weighted by molar-refractivity contribution is 7.89. The van der Waals surface area contributed by atoms with E-state index in [0.717, 1.165) is 11.1 Å². The molecule has 0 aromatic heterocycles. The van der Waals surface area contributed by atoms with E-state index in [9.17, 15) is 13.5 Å². The first kappa shape index (κ1) is 17.2. The molecule has 0 saturated heterocycles. The van der Waals surface area contributed by atoms with Gasteiger partial charge in [0.05, 0.1) is 10.6 Å². The summed E-state index contributed by atoms with van der Waals surface area (Å²) in [6.45, 7) is 3.74. The van der Waals surface area contributed by atoms with Gasteiger partial charge in [-0.3, -0.25) is 4.99 Å². The molecule has 0 saturated carbocycles. The molecule has 2 rings (SSSR count). The third-order valence-electron chi connectivity index (χ3n) is 3.67. The largest absolute Gasteiger partial charge is 0.507 e. The molecule has 2 aromatic carbocycles. The standard InChI is InChI=1S/C17H20N2O3S/c1-12-9-15(23(21,22)19(3)4)10-16(13(12)2)18-11-14-7-5-6-8-17(14)20/h5-11,20H,1-4H3. The molecule has 2 aromatic rings. The summed E-state index contributed by atoms with van der Waals surface area (Å²) in [7, 11) is -0.529. The van der Waals surface area contributed by atoms with Gasteiger partial charge in [-0.1, -0.05) is 12.1 Å². The molecule has 122 valence electrons. The van der Waals surface area contributed by atoms with Crippen LogP contribution in [0.2, 0.25) is 0 Å². The Morgan fingerprint density at radius 3 is 2.39 bits per heavy atom. The van der Waals surface area contributed by atoms with Crippen LogP contribution in [0.1, 0.15) is 16.7 Å². The van der Waals surface area contributed by atoms with Gasteiger partial charge < -0.3 is 5.11 Å². The van der Waals surface area contributed by atoms with E-state index in [1.807, 2.05) is 13.8 Å². The van der Waals surface area contributed by atoms with Gasteiger partial charge in [-0.15, -0.1) is 0 Å². The average Bonchev–Trinajstić information content (AvgIpc) is 2.49. The molecule has 0 atom stereocenters. The third-order valence-corrected chi connectivity index (χ3v) is 5.46. The molecule has 0 amide bonds. The zero-order valence-corrected chi connectivity index (χ0v) is 14.4. The number of phenols is 1. The molecule has 6 heteroatoms. The summed E-state index contributed by atoms with van der Waals surface area (Å²) >= 11 is 0. The van der Waals surface area contributed by atoms with Gasteiger partial charge in [0.1, 0.15) is 5.75 Å². The van der Waals surface area contributed by atoms with Crippen molar-refractivity contribution in [2.24, 2.45) is 4.99 Å². The number of nitrogens with zero attached hydrogens (tertiary/aromatic N) is 2. The first-order valence-electron chi connectivity index (χ1n) is 7.09. The van der Waals surface area contributed by atoms with Gasteiger partial charge in [0.15, 0.2) is 0 Å². The molecule has 0 spiro atoms. The van der Waals surface area contributed by atoms with E-state index < -0.39 is 10.0 Å². The summed E-state index contributed by atoms with van der Waals surface area (Å²) in [5.74, 6) is 0.127. The van der Waals surface area contributed by atoms with E-state index in [4.69, 9.17) is 0 Å². The highest BCUT2D eigenvalue weighted by atomic mass is 32.2. The summed E-state index contributed by atoms with van der Waals surface area (Å²) in [4.78, 5) is 4.57. The van der Waals surface area contributed by atoms with Crippen molar-refractivity contribution in [1.29, 1.82) is 0 Å². The van der Waals surface area contributed by atoms with Crippen LogP contribution in [-0.2, 0) is 10.0 Å². The van der Waals surface area contributed by atoms with Crippen molar-refractivity contribution in [3.63, 3.8) is 0 Å². The average molecular weight is 332 g/mol. The summed E-state index contributed by atoms with van der Waals surface area (Å²) < 4.78 is 25.8. The molecular weight excluding hydrogens is 312 g/mol. The minimum atomic E-state index is -3.52. The van der Waals surface area contributed by atoms with Crippen LogP contribution < -0.4 is 0 Å². The SMILES string of the molecule is Cc1cc(S(=O)(=O)N(C)C)cc(N=Cc2ccccc2O)c1C. The van der Waals surface area contributed by atoms with E-state index in [2.05, 4.69) is 4.99 Å². The second kappa shape index (κ2) is 6.52. The first-order chi connectivity index (χ1) is 10.7. The molecular formula is C17H20N2O3S. The zero-order chi connectivity index (χ0) is 17.2. The van der Waals surface area contributed by atoms with E-state index in [1.54, 1.807) is 36.4 Å². The molecule has 0 aliphatic carbocycles. The number of hydrogen-bond acceptors (Lipinski definition) is 4. The predicted molar refractivity (Wildman–Crippen MR) is 92.1 cm³/mol. The van der Waals surface area contributed by atoms with Crippen molar-refractivity contribution in [3.8, 4) is 5.75 Å². The summed E-state index contributed by atoms with van der Waals surface area (Å²) in [5, 5.41) is 9.78. The predicted octanol–water partition coefficient (Wildman–Crippen LogP) is 3.01. The quantitative estimate of drug-likeness (QED) is 0.875. The number of phenolic OH excluding ortho intramolecular Hbond substituents is 1. The van der Waals surface area contributed by atoms with Crippen LogP contribution in [0.25, 0.3) is 0 Å². The van der Waals surface area contributed by atoms with Gasteiger partial charge in [0.2, 0.25) is 10.0 Å². The van der Waals surface area contributed by atoms with Crippen molar-refractivity contribution < 1.29 is 13.5 Å². The number of sulfonamides is 1. The smallest absolute Gasteiger partial charge is 0.242 e. The maximum atomic E-state index is 12.3. The van der Waals surface area contributed by atoms with Gasteiger partial charge in [-0.05, 0) is 49.2 Å². The highest BCUT2D eigenvalue weighted by Crippen LogP contribution is 2.28. The number of para-hydroxylation sites is 1. The molecule has 0 aliphatic rings. The van der Waals surface area contributed by atoms with E-state index >= 15 is 0 Å².